The smallest absolute Gasteiger partial charge is 0.379 e. The maximum absolute atomic E-state index is 11.8. The SMILES string of the molecule is Cc1cccc(Oc2cc3ccccc3oc2=O)c1. The van der Waals surface area contributed by atoms with Crippen LogP contribution >= 0.6 is 0 Å². The summed E-state index contributed by atoms with van der Waals surface area (Å²) in [6, 6.07) is 16.6. The molecule has 0 aliphatic rings. The number of hydrogen-bond acceptors (Lipinski definition) is 3. The van der Waals surface area contributed by atoms with Crippen molar-refractivity contribution in [3.8, 4) is 11.5 Å². The Kier molecular flexibility index (Phi) is 2.80. The molecule has 3 nitrogen and oxygen atoms in total. The maximum atomic E-state index is 11.8. The van der Waals surface area contributed by atoms with Gasteiger partial charge >= 0.3 is 5.63 Å². The normalized spacial score (nSPS) is 10.6. The number of para-hydroxylation sites is 1. The summed E-state index contributed by atoms with van der Waals surface area (Å²) in [5.74, 6) is 0.826. The van der Waals surface area contributed by atoms with E-state index in [0.717, 1.165) is 10.9 Å². The molecular weight excluding hydrogens is 240 g/mol. The highest BCUT2D eigenvalue weighted by atomic mass is 16.5. The third-order valence-corrected chi connectivity index (χ3v) is 2.83. The molecule has 19 heavy (non-hydrogen) atoms. The molecule has 0 aliphatic carbocycles. The maximum Gasteiger partial charge on any atom is 0.379 e. The molecule has 3 heteroatoms. The average Bonchev–Trinajstić information content (AvgIpc) is 2.40. The van der Waals surface area contributed by atoms with Crippen LogP contribution in [-0.4, -0.2) is 0 Å². The zero-order chi connectivity index (χ0) is 13.2. The van der Waals surface area contributed by atoms with Gasteiger partial charge in [-0.1, -0.05) is 30.3 Å². The second-order valence-electron chi connectivity index (χ2n) is 4.35. The van der Waals surface area contributed by atoms with Crippen molar-refractivity contribution in [1.82, 2.24) is 0 Å². The van der Waals surface area contributed by atoms with E-state index in [2.05, 4.69) is 0 Å². The number of aryl methyl sites for hydroxylation is 1. The number of hydrogen-bond donors (Lipinski definition) is 0. The molecule has 3 rings (SSSR count). The topological polar surface area (TPSA) is 39.4 Å². The molecule has 0 fully saturated rings. The molecule has 3 aromatic rings. The summed E-state index contributed by atoms with van der Waals surface area (Å²) in [7, 11) is 0. The van der Waals surface area contributed by atoms with Crippen LogP contribution < -0.4 is 10.4 Å². The molecule has 0 atom stereocenters. The first kappa shape index (κ1) is 11.5. The van der Waals surface area contributed by atoms with Crippen molar-refractivity contribution in [2.45, 2.75) is 6.92 Å². The Morgan fingerprint density at radius 2 is 1.84 bits per heavy atom. The summed E-state index contributed by atoms with van der Waals surface area (Å²) >= 11 is 0. The molecule has 0 bridgehead atoms. The molecule has 1 aromatic heterocycles. The summed E-state index contributed by atoms with van der Waals surface area (Å²) in [4.78, 5) is 11.8. The lowest BCUT2D eigenvalue weighted by Crippen LogP contribution is -2.02. The minimum absolute atomic E-state index is 0.198. The summed E-state index contributed by atoms with van der Waals surface area (Å²) < 4.78 is 10.8. The number of ether oxygens (including phenoxy) is 1. The van der Waals surface area contributed by atoms with Gasteiger partial charge in [0.2, 0.25) is 5.75 Å². The van der Waals surface area contributed by atoms with Crippen molar-refractivity contribution >= 4 is 11.0 Å². The molecule has 0 saturated heterocycles. The lowest BCUT2D eigenvalue weighted by Gasteiger charge is -2.05. The molecule has 0 spiro atoms. The fourth-order valence-corrected chi connectivity index (χ4v) is 1.92. The summed E-state index contributed by atoms with van der Waals surface area (Å²) in [6.45, 7) is 1.97. The Labute approximate surface area is 110 Å². The molecule has 0 aliphatic heterocycles. The Morgan fingerprint density at radius 1 is 1.00 bits per heavy atom. The summed E-state index contributed by atoms with van der Waals surface area (Å²) in [5, 5.41) is 0.838. The standard InChI is InChI=1S/C16H12O3/c1-11-5-4-7-13(9-11)18-15-10-12-6-2-3-8-14(12)19-16(15)17/h2-10H,1H3. The lowest BCUT2D eigenvalue weighted by molar-refractivity contribution is 0.437. The minimum Gasteiger partial charge on any atom is -0.450 e. The van der Waals surface area contributed by atoms with Crippen molar-refractivity contribution in [3.05, 3.63) is 70.6 Å². The van der Waals surface area contributed by atoms with Crippen molar-refractivity contribution in [2.24, 2.45) is 0 Å². The minimum atomic E-state index is -0.472. The van der Waals surface area contributed by atoms with E-state index >= 15 is 0 Å². The Balaban J connectivity index is 2.05. The molecule has 2 aromatic carbocycles. The fourth-order valence-electron chi connectivity index (χ4n) is 1.92. The van der Waals surface area contributed by atoms with Gasteiger partial charge in [-0.2, -0.15) is 0 Å². The van der Waals surface area contributed by atoms with Crippen LogP contribution in [0.3, 0.4) is 0 Å². The highest BCUT2D eigenvalue weighted by Gasteiger charge is 2.07. The van der Waals surface area contributed by atoms with E-state index in [9.17, 15) is 4.79 Å². The van der Waals surface area contributed by atoms with E-state index in [1.54, 1.807) is 12.1 Å². The third kappa shape index (κ3) is 2.36. The van der Waals surface area contributed by atoms with Crippen molar-refractivity contribution in [1.29, 1.82) is 0 Å². The molecule has 0 radical (unpaired) electrons. The van der Waals surface area contributed by atoms with Gasteiger partial charge in [-0.3, -0.25) is 0 Å². The predicted molar refractivity (Wildman–Crippen MR) is 73.7 cm³/mol. The van der Waals surface area contributed by atoms with Crippen LogP contribution in [0.2, 0.25) is 0 Å². The van der Waals surface area contributed by atoms with Gasteiger partial charge in [0.25, 0.3) is 0 Å². The number of rotatable bonds is 2. The number of fused-ring (bicyclic) bond motifs is 1. The zero-order valence-electron chi connectivity index (χ0n) is 10.4. The van der Waals surface area contributed by atoms with Crippen molar-refractivity contribution < 1.29 is 9.15 Å². The molecule has 0 N–H and O–H groups in total. The van der Waals surface area contributed by atoms with E-state index in [0.29, 0.717) is 11.3 Å². The average molecular weight is 252 g/mol. The first-order valence-electron chi connectivity index (χ1n) is 6.00. The van der Waals surface area contributed by atoms with Gasteiger partial charge in [-0.25, -0.2) is 4.79 Å². The quantitative estimate of drug-likeness (QED) is 0.649. The Hall–Kier alpha value is -2.55. The Morgan fingerprint density at radius 3 is 2.68 bits per heavy atom. The van der Waals surface area contributed by atoms with Gasteiger partial charge in [-0.05, 0) is 36.8 Å². The first-order valence-corrected chi connectivity index (χ1v) is 6.00. The van der Waals surface area contributed by atoms with Crippen molar-refractivity contribution in [3.63, 3.8) is 0 Å². The predicted octanol–water partition coefficient (Wildman–Crippen LogP) is 3.89. The van der Waals surface area contributed by atoms with Gasteiger partial charge in [0.05, 0.1) is 0 Å². The second kappa shape index (κ2) is 4.61. The molecular formula is C16H12O3. The Bertz CT molecular complexity index is 787. The van der Waals surface area contributed by atoms with Gasteiger partial charge in [-0.15, -0.1) is 0 Å². The zero-order valence-corrected chi connectivity index (χ0v) is 10.4. The lowest BCUT2D eigenvalue weighted by atomic mass is 10.2. The van der Waals surface area contributed by atoms with Gasteiger partial charge < -0.3 is 9.15 Å². The number of benzene rings is 2. The second-order valence-corrected chi connectivity index (χ2v) is 4.35. The van der Waals surface area contributed by atoms with E-state index < -0.39 is 5.63 Å². The van der Waals surface area contributed by atoms with Crippen LogP contribution in [-0.2, 0) is 0 Å². The first-order chi connectivity index (χ1) is 9.22. The summed E-state index contributed by atoms with van der Waals surface area (Å²) in [6.07, 6.45) is 0. The van der Waals surface area contributed by atoms with Crippen LogP contribution in [0.1, 0.15) is 5.56 Å². The fraction of sp³-hybridized carbons (Fsp3) is 0.0625. The van der Waals surface area contributed by atoms with Gasteiger partial charge in [0, 0.05) is 5.39 Å². The third-order valence-electron chi connectivity index (χ3n) is 2.83. The molecule has 0 saturated carbocycles. The molecule has 0 unspecified atom stereocenters. The molecule has 94 valence electrons. The highest BCUT2D eigenvalue weighted by Crippen LogP contribution is 2.22. The molecule has 1 heterocycles. The van der Waals surface area contributed by atoms with Crippen LogP contribution in [0.5, 0.6) is 11.5 Å². The molecule has 0 amide bonds. The summed E-state index contributed by atoms with van der Waals surface area (Å²) in [5.41, 5.74) is 1.16. The highest BCUT2D eigenvalue weighted by molar-refractivity contribution is 5.77. The van der Waals surface area contributed by atoms with E-state index in [1.807, 2.05) is 49.4 Å². The van der Waals surface area contributed by atoms with Gasteiger partial charge in [0.1, 0.15) is 11.3 Å². The van der Waals surface area contributed by atoms with Crippen LogP contribution in [0.15, 0.2) is 63.8 Å². The van der Waals surface area contributed by atoms with E-state index in [-0.39, 0.29) is 5.75 Å². The largest absolute Gasteiger partial charge is 0.450 e. The van der Waals surface area contributed by atoms with Crippen LogP contribution in [0.4, 0.5) is 0 Å². The monoisotopic (exact) mass is 252 g/mol. The van der Waals surface area contributed by atoms with Crippen LogP contribution in [0.25, 0.3) is 11.0 Å². The van der Waals surface area contributed by atoms with E-state index in [1.165, 1.54) is 0 Å². The van der Waals surface area contributed by atoms with E-state index in [4.69, 9.17) is 9.15 Å². The van der Waals surface area contributed by atoms with Gasteiger partial charge in [0.15, 0.2) is 0 Å². The van der Waals surface area contributed by atoms with Crippen LogP contribution in [0, 0.1) is 6.92 Å². The van der Waals surface area contributed by atoms with Crippen molar-refractivity contribution in [2.75, 3.05) is 0 Å².